The van der Waals surface area contributed by atoms with Gasteiger partial charge in [-0.2, -0.15) is 0 Å². The number of phosphoric ester groups is 1. The van der Waals surface area contributed by atoms with Crippen LogP contribution in [0.15, 0.2) is 12.2 Å². The highest BCUT2D eigenvalue weighted by Crippen LogP contribution is 2.35. The van der Waals surface area contributed by atoms with Crippen molar-refractivity contribution in [2.24, 2.45) is 0 Å². The summed E-state index contributed by atoms with van der Waals surface area (Å²) in [6.45, 7) is 0.0726. The molecule has 0 radical (unpaired) electrons. The number of allylic oxidation sites excluding steroid dienone is 1. The normalized spacial score (nSPS) is 12.1. The molecule has 0 heterocycles. The Labute approximate surface area is 101 Å². The van der Waals surface area contributed by atoms with Gasteiger partial charge in [0.1, 0.15) is 0 Å². The summed E-state index contributed by atoms with van der Waals surface area (Å²) in [5.41, 5.74) is 0. The van der Waals surface area contributed by atoms with E-state index < -0.39 is 13.8 Å². The lowest BCUT2D eigenvalue weighted by molar-refractivity contribution is -0.131. The Balaban J connectivity index is 3.19. The molecule has 0 bridgehead atoms. The van der Waals surface area contributed by atoms with Crippen molar-refractivity contribution >= 4 is 13.8 Å². The fourth-order valence-electron chi connectivity index (χ4n) is 1.26. The zero-order chi connectivity index (χ0) is 13.1. The van der Waals surface area contributed by atoms with Gasteiger partial charge in [-0.25, -0.2) is 9.36 Å². The first-order valence-corrected chi connectivity index (χ1v) is 7.04. The Morgan fingerprint density at radius 2 is 1.71 bits per heavy atom. The van der Waals surface area contributed by atoms with Gasteiger partial charge in [0.2, 0.25) is 0 Å². The first kappa shape index (κ1) is 16.3. The van der Waals surface area contributed by atoms with Crippen LogP contribution in [-0.2, 0) is 13.9 Å². The zero-order valence-electron chi connectivity index (χ0n) is 9.62. The van der Waals surface area contributed by atoms with E-state index in [4.69, 9.17) is 14.9 Å². The predicted octanol–water partition coefficient (Wildman–Crippen LogP) is 2.08. The monoisotopic (exact) mass is 266 g/mol. The van der Waals surface area contributed by atoms with Crippen LogP contribution in [0.5, 0.6) is 0 Å². The molecular weight excluding hydrogens is 247 g/mol. The third kappa shape index (κ3) is 15.3. The highest BCUT2D eigenvalue weighted by molar-refractivity contribution is 7.46. The van der Waals surface area contributed by atoms with Crippen molar-refractivity contribution in [2.45, 2.75) is 38.5 Å². The van der Waals surface area contributed by atoms with Gasteiger partial charge in [-0.15, -0.1) is 0 Å². The van der Waals surface area contributed by atoms with Crippen molar-refractivity contribution in [1.82, 2.24) is 0 Å². The Kier molecular flexibility index (Phi) is 8.99. The molecule has 0 aliphatic heterocycles. The highest BCUT2D eigenvalue weighted by Gasteiger charge is 2.12. The van der Waals surface area contributed by atoms with E-state index in [1.54, 1.807) is 6.08 Å². The molecule has 6 nitrogen and oxygen atoms in total. The van der Waals surface area contributed by atoms with Gasteiger partial charge in [0.25, 0.3) is 0 Å². The molecule has 0 unspecified atom stereocenters. The van der Waals surface area contributed by atoms with Crippen LogP contribution >= 0.6 is 7.82 Å². The minimum atomic E-state index is -4.31. The number of aliphatic carboxylic acids is 1. The molecule has 3 N–H and O–H groups in total. The Morgan fingerprint density at radius 3 is 2.29 bits per heavy atom. The van der Waals surface area contributed by atoms with Crippen molar-refractivity contribution in [3.05, 3.63) is 12.2 Å². The summed E-state index contributed by atoms with van der Waals surface area (Å²) in [7, 11) is -4.31. The smallest absolute Gasteiger partial charge is 0.469 e. The molecule has 0 fully saturated rings. The van der Waals surface area contributed by atoms with E-state index in [1.807, 2.05) is 0 Å². The maximum atomic E-state index is 10.3. The van der Waals surface area contributed by atoms with E-state index in [0.29, 0.717) is 6.42 Å². The third-order valence-electron chi connectivity index (χ3n) is 2.04. The van der Waals surface area contributed by atoms with Gasteiger partial charge < -0.3 is 14.9 Å². The SMILES string of the molecule is O=C(O)C=CCCCCCCCOP(=O)(O)O. The molecule has 0 spiro atoms. The molecule has 0 saturated carbocycles. The molecule has 100 valence electrons. The van der Waals surface area contributed by atoms with Crippen molar-refractivity contribution in [3.63, 3.8) is 0 Å². The second kappa shape index (κ2) is 9.36. The molecule has 17 heavy (non-hydrogen) atoms. The second-order valence-corrected chi connectivity index (χ2v) is 4.86. The Hall–Kier alpha value is -0.680. The summed E-state index contributed by atoms with van der Waals surface area (Å²) in [5.74, 6) is -0.931. The number of unbranched alkanes of at least 4 members (excludes halogenated alkanes) is 5. The van der Waals surface area contributed by atoms with E-state index in [2.05, 4.69) is 4.52 Å². The average molecular weight is 266 g/mol. The maximum Gasteiger partial charge on any atom is 0.469 e. The summed E-state index contributed by atoms with van der Waals surface area (Å²) >= 11 is 0. The number of hydrogen-bond acceptors (Lipinski definition) is 3. The van der Waals surface area contributed by atoms with Crippen LogP contribution in [-0.4, -0.2) is 27.5 Å². The molecule has 7 heteroatoms. The van der Waals surface area contributed by atoms with E-state index in [9.17, 15) is 9.36 Å². The van der Waals surface area contributed by atoms with Crippen LogP contribution in [0.25, 0.3) is 0 Å². The summed E-state index contributed by atoms with van der Waals surface area (Å²) < 4.78 is 14.6. The van der Waals surface area contributed by atoms with Crippen molar-refractivity contribution in [2.75, 3.05) is 6.61 Å². The molecule has 0 aliphatic rings. The van der Waals surface area contributed by atoms with E-state index in [0.717, 1.165) is 38.2 Å². The van der Waals surface area contributed by atoms with Gasteiger partial charge in [0, 0.05) is 6.08 Å². The molecule has 0 atom stereocenters. The lowest BCUT2D eigenvalue weighted by atomic mass is 10.1. The lowest BCUT2D eigenvalue weighted by Gasteiger charge is -2.04. The number of carbonyl (C=O) groups is 1. The lowest BCUT2D eigenvalue weighted by Crippen LogP contribution is -1.92. The molecule has 0 aliphatic carbocycles. The van der Waals surface area contributed by atoms with Gasteiger partial charge in [-0.3, -0.25) is 4.52 Å². The molecule has 0 aromatic rings. The number of carboxylic acids is 1. The minimum Gasteiger partial charge on any atom is -0.478 e. The van der Waals surface area contributed by atoms with Gasteiger partial charge in [-0.05, 0) is 19.3 Å². The topological polar surface area (TPSA) is 104 Å². The fourth-order valence-corrected chi connectivity index (χ4v) is 1.63. The van der Waals surface area contributed by atoms with Crippen LogP contribution in [0.1, 0.15) is 38.5 Å². The van der Waals surface area contributed by atoms with Gasteiger partial charge in [0.15, 0.2) is 0 Å². The summed E-state index contributed by atoms with van der Waals surface area (Å²) in [6.07, 6.45) is 7.81. The fraction of sp³-hybridized carbons (Fsp3) is 0.700. The maximum absolute atomic E-state index is 10.3. The highest BCUT2D eigenvalue weighted by atomic mass is 31.2. The standard InChI is InChI=1S/C10H19O6P/c11-10(12)8-6-4-2-1-3-5-7-9-16-17(13,14)15/h6,8H,1-5,7,9H2,(H,11,12)(H2,13,14,15). The first-order chi connectivity index (χ1) is 7.92. The van der Waals surface area contributed by atoms with Gasteiger partial charge >= 0.3 is 13.8 Å². The van der Waals surface area contributed by atoms with Crippen LogP contribution in [0.3, 0.4) is 0 Å². The quantitative estimate of drug-likeness (QED) is 0.317. The van der Waals surface area contributed by atoms with Gasteiger partial charge in [0.05, 0.1) is 6.61 Å². The largest absolute Gasteiger partial charge is 0.478 e. The predicted molar refractivity (Wildman–Crippen MR) is 62.5 cm³/mol. The van der Waals surface area contributed by atoms with E-state index in [-0.39, 0.29) is 6.61 Å². The van der Waals surface area contributed by atoms with Crippen molar-refractivity contribution < 1.29 is 28.8 Å². The summed E-state index contributed by atoms with van der Waals surface area (Å²) in [4.78, 5) is 26.9. The number of rotatable bonds is 10. The van der Waals surface area contributed by atoms with Crippen LogP contribution in [0, 0.1) is 0 Å². The molecular formula is C10H19O6P. The summed E-state index contributed by atoms with van der Waals surface area (Å²) in [5, 5.41) is 8.31. The third-order valence-corrected chi connectivity index (χ3v) is 2.55. The molecule has 0 rings (SSSR count). The molecule has 0 amide bonds. The van der Waals surface area contributed by atoms with E-state index in [1.165, 1.54) is 0 Å². The van der Waals surface area contributed by atoms with Crippen LogP contribution in [0.2, 0.25) is 0 Å². The van der Waals surface area contributed by atoms with E-state index >= 15 is 0 Å². The second-order valence-electron chi connectivity index (χ2n) is 3.62. The summed E-state index contributed by atoms with van der Waals surface area (Å²) in [6, 6.07) is 0. The van der Waals surface area contributed by atoms with Crippen LogP contribution < -0.4 is 0 Å². The number of phosphoric acid groups is 1. The van der Waals surface area contributed by atoms with Crippen molar-refractivity contribution in [1.29, 1.82) is 0 Å². The molecule has 0 aromatic carbocycles. The minimum absolute atomic E-state index is 0.0726. The van der Waals surface area contributed by atoms with Crippen molar-refractivity contribution in [3.8, 4) is 0 Å². The average Bonchev–Trinajstić information content (AvgIpc) is 2.18. The van der Waals surface area contributed by atoms with Gasteiger partial charge in [-0.1, -0.05) is 25.3 Å². The Bertz CT molecular complexity index is 283. The Morgan fingerprint density at radius 1 is 1.12 bits per heavy atom. The first-order valence-electron chi connectivity index (χ1n) is 5.51. The molecule has 0 aromatic heterocycles. The number of hydrogen-bond donors (Lipinski definition) is 3. The molecule has 0 saturated heterocycles. The zero-order valence-corrected chi connectivity index (χ0v) is 10.5. The van der Waals surface area contributed by atoms with Crippen LogP contribution in [0.4, 0.5) is 0 Å². The number of carboxylic acid groups (broad SMARTS) is 1.